The van der Waals surface area contributed by atoms with Crippen molar-refractivity contribution in [1.82, 2.24) is 10.2 Å². The predicted octanol–water partition coefficient (Wildman–Crippen LogP) is 6.60. The predicted molar refractivity (Wildman–Crippen MR) is 171 cm³/mol. The highest BCUT2D eigenvalue weighted by molar-refractivity contribution is 9.10. The average Bonchev–Trinajstić information content (AvgIpc) is 2.95. The Kier molecular flexibility index (Phi) is 11.7. The summed E-state index contributed by atoms with van der Waals surface area (Å²) in [5.41, 5.74) is 1.65. The van der Waals surface area contributed by atoms with Crippen LogP contribution in [0.3, 0.4) is 0 Å². The van der Waals surface area contributed by atoms with Crippen LogP contribution in [0.4, 0.5) is 5.69 Å². The molecule has 8 nitrogen and oxygen atoms in total. The third-order valence-corrected chi connectivity index (χ3v) is 9.97. The third kappa shape index (κ3) is 7.98. The molecule has 1 N–H and O–H groups in total. The van der Waals surface area contributed by atoms with Crippen molar-refractivity contribution in [3.63, 3.8) is 0 Å². The van der Waals surface area contributed by atoms with Gasteiger partial charge in [-0.25, -0.2) is 8.42 Å². The first-order valence-electron chi connectivity index (χ1n) is 13.3. The van der Waals surface area contributed by atoms with Gasteiger partial charge >= 0.3 is 0 Å². The van der Waals surface area contributed by atoms with Gasteiger partial charge in [-0.3, -0.25) is 13.9 Å². The molecule has 0 aliphatic heterocycles. The Labute approximate surface area is 266 Å². The number of halogens is 3. The number of sulfonamides is 1. The summed E-state index contributed by atoms with van der Waals surface area (Å²) in [6.07, 6.45) is 0.694. The Morgan fingerprint density at radius 2 is 1.64 bits per heavy atom. The zero-order chi connectivity index (χ0) is 31.2. The summed E-state index contributed by atoms with van der Waals surface area (Å²) in [6.45, 7) is 6.57. The fraction of sp³-hybridized carbons (Fsp3) is 0.333. The van der Waals surface area contributed by atoms with Crippen LogP contribution in [0.2, 0.25) is 10.0 Å². The van der Waals surface area contributed by atoms with Crippen molar-refractivity contribution in [2.45, 2.75) is 57.6 Å². The molecule has 2 amide bonds. The van der Waals surface area contributed by atoms with E-state index in [0.717, 1.165) is 9.87 Å². The molecule has 0 heterocycles. The molecule has 0 aliphatic rings. The largest absolute Gasteiger partial charge is 0.496 e. The molecule has 0 bridgehead atoms. The van der Waals surface area contributed by atoms with Crippen molar-refractivity contribution in [2.75, 3.05) is 18.0 Å². The zero-order valence-electron chi connectivity index (χ0n) is 24.0. The summed E-state index contributed by atoms with van der Waals surface area (Å²) in [4.78, 5) is 28.5. The minimum atomic E-state index is -4.25. The number of hydrogen-bond donors (Lipinski definition) is 1. The van der Waals surface area contributed by atoms with Gasteiger partial charge in [-0.2, -0.15) is 0 Å². The lowest BCUT2D eigenvalue weighted by Crippen LogP contribution is -2.52. The molecular formula is C30H34BrCl2N3O5S. The standard InChI is InChI=1S/C30H34BrCl2N3O5S/c1-6-20(3)34-30(38)21(4)35(17-24-26(32)8-7-9-27(24)33)29(37)18-36(22-12-10-19(2)11-13-22)42(39,40)23-14-15-28(41-5)25(31)16-23/h7-16,20-21H,6,17-18H2,1-5H3,(H,34,38). The minimum absolute atomic E-state index is 0.0492. The molecule has 0 radical (unpaired) electrons. The van der Waals surface area contributed by atoms with E-state index in [1.54, 1.807) is 49.4 Å². The van der Waals surface area contributed by atoms with Gasteiger partial charge in [-0.1, -0.05) is 53.9 Å². The lowest BCUT2D eigenvalue weighted by molar-refractivity contribution is -0.139. The van der Waals surface area contributed by atoms with Crippen molar-refractivity contribution < 1.29 is 22.7 Å². The maximum absolute atomic E-state index is 14.1. The second-order valence-electron chi connectivity index (χ2n) is 9.86. The van der Waals surface area contributed by atoms with Crippen LogP contribution in [0.5, 0.6) is 5.75 Å². The molecule has 2 atom stereocenters. The first-order valence-corrected chi connectivity index (χ1v) is 16.2. The SMILES string of the molecule is CCC(C)NC(=O)C(C)N(Cc1c(Cl)cccc1Cl)C(=O)CN(c1ccc(C)cc1)S(=O)(=O)c1ccc(OC)c(Br)c1. The normalized spacial score (nSPS) is 12.8. The quantitative estimate of drug-likeness (QED) is 0.230. The molecule has 226 valence electrons. The number of amides is 2. The Morgan fingerprint density at radius 1 is 1.02 bits per heavy atom. The van der Waals surface area contributed by atoms with Gasteiger partial charge in [0.05, 0.1) is 22.2 Å². The average molecular weight is 699 g/mol. The maximum Gasteiger partial charge on any atom is 0.264 e. The van der Waals surface area contributed by atoms with Crippen molar-refractivity contribution in [3.05, 3.63) is 86.3 Å². The molecule has 0 saturated heterocycles. The van der Waals surface area contributed by atoms with Gasteiger partial charge in [-0.15, -0.1) is 0 Å². The summed E-state index contributed by atoms with van der Waals surface area (Å²) >= 11 is 16.2. The van der Waals surface area contributed by atoms with Crippen LogP contribution in [0, 0.1) is 6.92 Å². The van der Waals surface area contributed by atoms with Gasteiger partial charge in [0, 0.05) is 28.2 Å². The van der Waals surface area contributed by atoms with Crippen molar-refractivity contribution in [3.8, 4) is 5.75 Å². The van der Waals surface area contributed by atoms with E-state index in [-0.39, 0.29) is 29.1 Å². The van der Waals surface area contributed by atoms with Crippen molar-refractivity contribution in [1.29, 1.82) is 0 Å². The second-order valence-corrected chi connectivity index (χ2v) is 13.4. The molecular weight excluding hydrogens is 665 g/mol. The van der Waals surface area contributed by atoms with Crippen LogP contribution < -0.4 is 14.4 Å². The van der Waals surface area contributed by atoms with Crippen LogP contribution in [0.25, 0.3) is 0 Å². The lowest BCUT2D eigenvalue weighted by Gasteiger charge is -2.33. The summed E-state index contributed by atoms with van der Waals surface area (Å²) in [6, 6.07) is 15.0. The summed E-state index contributed by atoms with van der Waals surface area (Å²) < 4.78 is 34.8. The van der Waals surface area contributed by atoms with Crippen LogP contribution in [0.1, 0.15) is 38.3 Å². The summed E-state index contributed by atoms with van der Waals surface area (Å²) in [5, 5.41) is 3.54. The molecule has 12 heteroatoms. The van der Waals surface area contributed by atoms with Crippen LogP contribution >= 0.6 is 39.1 Å². The fourth-order valence-electron chi connectivity index (χ4n) is 4.08. The van der Waals surface area contributed by atoms with Gasteiger partial charge in [0.2, 0.25) is 11.8 Å². The third-order valence-electron chi connectivity index (χ3n) is 6.87. The van der Waals surface area contributed by atoms with Gasteiger partial charge in [0.25, 0.3) is 10.0 Å². The topological polar surface area (TPSA) is 96.0 Å². The highest BCUT2D eigenvalue weighted by Crippen LogP contribution is 2.32. The Hall–Kier alpha value is -2.79. The van der Waals surface area contributed by atoms with Crippen LogP contribution in [0.15, 0.2) is 70.0 Å². The van der Waals surface area contributed by atoms with E-state index in [1.807, 2.05) is 20.8 Å². The Bertz CT molecular complexity index is 1520. The fourth-order valence-corrected chi connectivity index (χ4v) is 6.73. The molecule has 0 fully saturated rings. The van der Waals surface area contributed by atoms with E-state index in [9.17, 15) is 18.0 Å². The molecule has 0 aliphatic carbocycles. The number of ether oxygens (including phenoxy) is 1. The van der Waals surface area contributed by atoms with E-state index < -0.39 is 28.5 Å². The van der Waals surface area contributed by atoms with Crippen LogP contribution in [-0.2, 0) is 26.2 Å². The maximum atomic E-state index is 14.1. The molecule has 0 spiro atoms. The zero-order valence-corrected chi connectivity index (χ0v) is 27.9. The number of carbonyl (C=O) groups is 2. The van der Waals surface area contributed by atoms with E-state index >= 15 is 0 Å². The summed E-state index contributed by atoms with van der Waals surface area (Å²) in [7, 11) is -2.78. The van der Waals surface area contributed by atoms with Crippen molar-refractivity contribution in [2.24, 2.45) is 0 Å². The van der Waals surface area contributed by atoms with Crippen molar-refractivity contribution >= 4 is 66.7 Å². The van der Waals surface area contributed by atoms with E-state index in [0.29, 0.717) is 32.3 Å². The monoisotopic (exact) mass is 697 g/mol. The van der Waals surface area contributed by atoms with E-state index in [4.69, 9.17) is 27.9 Å². The number of rotatable bonds is 12. The highest BCUT2D eigenvalue weighted by atomic mass is 79.9. The minimum Gasteiger partial charge on any atom is -0.496 e. The molecule has 3 aromatic carbocycles. The van der Waals surface area contributed by atoms with Crippen LogP contribution in [-0.4, -0.2) is 50.9 Å². The lowest BCUT2D eigenvalue weighted by atomic mass is 10.1. The molecule has 0 saturated carbocycles. The Balaban J connectivity index is 2.08. The highest BCUT2D eigenvalue weighted by Gasteiger charge is 2.33. The van der Waals surface area contributed by atoms with Gasteiger partial charge in [0.15, 0.2) is 0 Å². The molecule has 42 heavy (non-hydrogen) atoms. The first-order chi connectivity index (χ1) is 19.8. The second kappa shape index (κ2) is 14.6. The number of nitrogens with one attached hydrogen (secondary N) is 1. The molecule has 3 aromatic rings. The number of methoxy groups -OCH3 is 1. The van der Waals surface area contributed by atoms with Gasteiger partial charge in [-0.05, 0) is 85.6 Å². The Morgan fingerprint density at radius 3 is 2.19 bits per heavy atom. The number of carbonyl (C=O) groups excluding carboxylic acids is 2. The van der Waals surface area contributed by atoms with E-state index in [2.05, 4.69) is 21.2 Å². The summed E-state index contributed by atoms with van der Waals surface area (Å²) in [5.74, 6) is -0.546. The van der Waals surface area contributed by atoms with Gasteiger partial charge in [0.1, 0.15) is 18.3 Å². The van der Waals surface area contributed by atoms with E-state index in [1.165, 1.54) is 30.2 Å². The number of nitrogens with zero attached hydrogens (tertiary/aromatic N) is 2. The number of aryl methyl sites for hydroxylation is 1. The molecule has 2 unspecified atom stereocenters. The van der Waals surface area contributed by atoms with Gasteiger partial charge < -0.3 is 15.0 Å². The number of hydrogen-bond acceptors (Lipinski definition) is 5. The molecule has 3 rings (SSSR count). The smallest absolute Gasteiger partial charge is 0.264 e. The number of benzene rings is 3. The molecule has 0 aromatic heterocycles. The number of anilines is 1. The first kappa shape index (κ1) is 33.7.